The van der Waals surface area contributed by atoms with E-state index in [0.717, 1.165) is 43.6 Å². The summed E-state index contributed by atoms with van der Waals surface area (Å²) >= 11 is 0. The van der Waals surface area contributed by atoms with Gasteiger partial charge in [-0.15, -0.1) is 0 Å². The summed E-state index contributed by atoms with van der Waals surface area (Å²) in [6.45, 7) is 15.8. The molecule has 1 N–H and O–H groups in total. The van der Waals surface area contributed by atoms with Crippen molar-refractivity contribution in [2.24, 2.45) is 0 Å². The summed E-state index contributed by atoms with van der Waals surface area (Å²) in [5.74, 6) is 1.09. The van der Waals surface area contributed by atoms with Crippen LogP contribution >= 0.6 is 0 Å². The van der Waals surface area contributed by atoms with Gasteiger partial charge in [-0.3, -0.25) is 4.79 Å². The minimum Gasteiger partial charge on any atom is -0.352 e. The number of nitrogens with one attached hydrogen (secondary N) is 1. The number of para-hydroxylation sites is 2. The molecule has 0 saturated heterocycles. The molecule has 0 unspecified atom stereocenters. The van der Waals surface area contributed by atoms with Gasteiger partial charge in [-0.05, 0) is 87.4 Å². The average Bonchev–Trinajstić information content (AvgIpc) is 3.09. The first kappa shape index (κ1) is 22.8. The van der Waals surface area contributed by atoms with E-state index in [1.165, 1.54) is 33.3 Å². The van der Waals surface area contributed by atoms with Crippen molar-refractivity contribution < 1.29 is 4.79 Å². The predicted molar refractivity (Wildman–Crippen MR) is 130 cm³/mol. The Balaban J connectivity index is 1.76. The van der Waals surface area contributed by atoms with Gasteiger partial charge in [0.15, 0.2) is 0 Å². The van der Waals surface area contributed by atoms with Gasteiger partial charge < -0.3 is 9.88 Å². The van der Waals surface area contributed by atoms with Gasteiger partial charge in [0, 0.05) is 25.1 Å². The van der Waals surface area contributed by atoms with Gasteiger partial charge in [0.2, 0.25) is 5.91 Å². The number of amides is 1. The lowest BCUT2D eigenvalue weighted by molar-refractivity contribution is -0.117. The highest BCUT2D eigenvalue weighted by Gasteiger charge is 2.15. The maximum Gasteiger partial charge on any atom is 0.246 e. The molecule has 1 heterocycles. The number of hydrogen-bond donors (Lipinski definition) is 1. The minimum atomic E-state index is -0.0546. The minimum absolute atomic E-state index is 0.0546. The molecule has 3 rings (SSSR count). The fourth-order valence-corrected chi connectivity index (χ4v) is 4.12. The summed E-state index contributed by atoms with van der Waals surface area (Å²) in [7, 11) is 0. The number of benzene rings is 2. The monoisotopic (exact) mass is 417 g/mol. The second-order valence-electron chi connectivity index (χ2n) is 8.69. The van der Waals surface area contributed by atoms with Crippen LogP contribution in [0.1, 0.15) is 59.8 Å². The zero-order chi connectivity index (χ0) is 22.5. The van der Waals surface area contributed by atoms with Crippen molar-refractivity contribution in [1.29, 1.82) is 0 Å². The molecule has 0 saturated carbocycles. The molecule has 0 aliphatic carbocycles. The summed E-state index contributed by atoms with van der Waals surface area (Å²) in [5.41, 5.74) is 9.67. The van der Waals surface area contributed by atoms with Crippen molar-refractivity contribution in [3.63, 3.8) is 0 Å². The van der Waals surface area contributed by atoms with E-state index < -0.39 is 0 Å². The van der Waals surface area contributed by atoms with E-state index in [9.17, 15) is 4.79 Å². The van der Waals surface area contributed by atoms with Gasteiger partial charge >= 0.3 is 0 Å². The van der Waals surface area contributed by atoms with E-state index in [-0.39, 0.29) is 5.91 Å². The zero-order valence-electron chi connectivity index (χ0n) is 19.6. The molecule has 4 heteroatoms. The summed E-state index contributed by atoms with van der Waals surface area (Å²) in [6.07, 6.45) is 4.01. The fraction of sp³-hybridized carbons (Fsp3) is 0.407. The highest BCUT2D eigenvalue weighted by Crippen LogP contribution is 2.26. The van der Waals surface area contributed by atoms with Crippen molar-refractivity contribution in [3.05, 3.63) is 76.1 Å². The maximum atomic E-state index is 11.6. The molecule has 0 radical (unpaired) electrons. The highest BCUT2D eigenvalue weighted by atomic mass is 16.1. The molecule has 2 aromatic carbocycles. The van der Waals surface area contributed by atoms with Crippen LogP contribution in [0.3, 0.4) is 0 Å². The fourth-order valence-electron chi connectivity index (χ4n) is 4.12. The Bertz CT molecular complexity index is 1080. The Hall–Kier alpha value is -2.88. The van der Waals surface area contributed by atoms with Crippen LogP contribution in [-0.4, -0.2) is 22.0 Å². The number of carbonyl (C=O) groups excluding carboxylic acids is 1. The van der Waals surface area contributed by atoms with E-state index in [1.807, 2.05) is 0 Å². The van der Waals surface area contributed by atoms with Crippen LogP contribution in [-0.2, 0) is 17.8 Å². The first-order valence-electron chi connectivity index (χ1n) is 11.2. The van der Waals surface area contributed by atoms with Gasteiger partial charge in [0.1, 0.15) is 5.82 Å². The number of unbranched alkanes of at least 4 members (excludes halogenated alkanes) is 2. The smallest absolute Gasteiger partial charge is 0.246 e. The second-order valence-corrected chi connectivity index (χ2v) is 8.69. The molecule has 1 aromatic heterocycles. The standard InChI is InChI=1S/C27H35N3O/c1-18(2)27(31)28-15-11-7-8-14-26-29-24-12-9-10-13-25(24)30(26)17-23-21(5)19(3)16-20(4)22(23)6/h9-10,12-13,16H,1,7-8,11,14-15,17H2,2-6H3,(H,28,31). The number of rotatable bonds is 9. The van der Waals surface area contributed by atoms with E-state index in [4.69, 9.17) is 4.98 Å². The predicted octanol–water partition coefficient (Wildman–Crippen LogP) is 5.72. The zero-order valence-corrected chi connectivity index (χ0v) is 19.6. The average molecular weight is 418 g/mol. The number of fused-ring (bicyclic) bond motifs is 1. The molecule has 1 amide bonds. The Morgan fingerprint density at radius 3 is 2.39 bits per heavy atom. The van der Waals surface area contributed by atoms with E-state index in [0.29, 0.717) is 12.1 Å². The van der Waals surface area contributed by atoms with Crippen LogP contribution in [0.2, 0.25) is 0 Å². The summed E-state index contributed by atoms with van der Waals surface area (Å²) < 4.78 is 2.40. The number of carbonyl (C=O) groups is 1. The molecule has 0 atom stereocenters. The lowest BCUT2D eigenvalue weighted by Crippen LogP contribution is -2.24. The van der Waals surface area contributed by atoms with Gasteiger partial charge in [0.05, 0.1) is 11.0 Å². The summed E-state index contributed by atoms with van der Waals surface area (Å²) in [5, 5.41) is 2.91. The molecular formula is C27H35N3O. The molecule has 0 aliphatic heterocycles. The molecule has 0 spiro atoms. The molecular weight excluding hydrogens is 382 g/mol. The van der Waals surface area contributed by atoms with Crippen LogP contribution in [0.15, 0.2) is 42.5 Å². The number of nitrogens with zero attached hydrogens (tertiary/aromatic N) is 2. The largest absolute Gasteiger partial charge is 0.352 e. The molecule has 0 aliphatic rings. The van der Waals surface area contributed by atoms with Crippen LogP contribution in [0.5, 0.6) is 0 Å². The van der Waals surface area contributed by atoms with Gasteiger partial charge in [-0.1, -0.05) is 31.2 Å². The van der Waals surface area contributed by atoms with Crippen LogP contribution in [0.25, 0.3) is 11.0 Å². The van der Waals surface area contributed by atoms with Crippen molar-refractivity contribution in [3.8, 4) is 0 Å². The third-order valence-electron chi connectivity index (χ3n) is 6.32. The quantitative estimate of drug-likeness (QED) is 0.357. The van der Waals surface area contributed by atoms with Crippen molar-refractivity contribution in [2.75, 3.05) is 6.54 Å². The van der Waals surface area contributed by atoms with Gasteiger partial charge in [0.25, 0.3) is 0 Å². The Morgan fingerprint density at radius 2 is 1.71 bits per heavy atom. The van der Waals surface area contributed by atoms with E-state index in [2.05, 4.69) is 74.5 Å². The van der Waals surface area contributed by atoms with Crippen molar-refractivity contribution in [1.82, 2.24) is 14.9 Å². The van der Waals surface area contributed by atoms with Crippen LogP contribution < -0.4 is 5.32 Å². The molecule has 4 nitrogen and oxygen atoms in total. The number of imidazole rings is 1. The number of aryl methyl sites for hydroxylation is 3. The Morgan fingerprint density at radius 1 is 1.03 bits per heavy atom. The Labute approximate surface area is 186 Å². The first-order chi connectivity index (χ1) is 14.8. The van der Waals surface area contributed by atoms with Gasteiger partial charge in [-0.25, -0.2) is 4.98 Å². The Kier molecular flexibility index (Phi) is 7.32. The first-order valence-corrected chi connectivity index (χ1v) is 11.2. The van der Waals surface area contributed by atoms with E-state index in [1.54, 1.807) is 6.92 Å². The highest BCUT2D eigenvalue weighted by molar-refractivity contribution is 5.92. The van der Waals surface area contributed by atoms with Crippen molar-refractivity contribution in [2.45, 2.75) is 66.8 Å². The third-order valence-corrected chi connectivity index (χ3v) is 6.32. The maximum absolute atomic E-state index is 11.6. The third kappa shape index (κ3) is 5.25. The molecule has 0 bridgehead atoms. The molecule has 31 heavy (non-hydrogen) atoms. The van der Waals surface area contributed by atoms with Crippen LogP contribution in [0.4, 0.5) is 0 Å². The molecule has 3 aromatic rings. The summed E-state index contributed by atoms with van der Waals surface area (Å²) in [4.78, 5) is 16.6. The number of hydrogen-bond acceptors (Lipinski definition) is 2. The molecule has 164 valence electrons. The number of aromatic nitrogens is 2. The van der Waals surface area contributed by atoms with Gasteiger partial charge in [-0.2, -0.15) is 0 Å². The normalized spacial score (nSPS) is 11.1. The van der Waals surface area contributed by atoms with E-state index >= 15 is 0 Å². The second kappa shape index (κ2) is 9.95. The van der Waals surface area contributed by atoms with Crippen LogP contribution in [0, 0.1) is 27.7 Å². The lowest BCUT2D eigenvalue weighted by Gasteiger charge is -2.18. The SMILES string of the molecule is C=C(C)C(=O)NCCCCCc1nc2ccccc2n1Cc1c(C)c(C)cc(C)c1C. The topological polar surface area (TPSA) is 46.9 Å². The van der Waals surface area contributed by atoms with Crippen molar-refractivity contribution >= 4 is 16.9 Å². The lowest BCUT2D eigenvalue weighted by atomic mass is 9.94. The molecule has 0 fully saturated rings. The summed E-state index contributed by atoms with van der Waals surface area (Å²) in [6, 6.07) is 10.7.